The van der Waals surface area contributed by atoms with Gasteiger partial charge in [-0.2, -0.15) is 0 Å². The molecule has 2 aromatic carbocycles. The molecule has 0 aliphatic rings. The third kappa shape index (κ3) is 3.69. The first-order valence-electron chi connectivity index (χ1n) is 8.06. The number of rotatable bonds is 5. The van der Waals surface area contributed by atoms with Crippen LogP contribution in [0.1, 0.15) is 20.7 Å². The Morgan fingerprint density at radius 3 is 2.04 bits per heavy atom. The number of carbonyl (C=O) groups is 2. The van der Waals surface area contributed by atoms with Crippen molar-refractivity contribution in [2.75, 3.05) is 5.32 Å². The van der Waals surface area contributed by atoms with E-state index >= 15 is 0 Å². The highest BCUT2D eigenvalue weighted by molar-refractivity contribution is 6.11. The number of hydrogen-bond donors (Lipinski definition) is 3. The summed E-state index contributed by atoms with van der Waals surface area (Å²) in [6.45, 7) is 0. The van der Waals surface area contributed by atoms with Crippen LogP contribution in [0.5, 0.6) is 0 Å². The molecule has 3 aromatic rings. The molecule has 1 heterocycles. The molecule has 0 saturated heterocycles. The molecule has 0 spiro atoms. The molecular weight excluding hydrogens is 364 g/mol. The van der Waals surface area contributed by atoms with Gasteiger partial charge in [0.2, 0.25) is 0 Å². The van der Waals surface area contributed by atoms with E-state index in [0.717, 1.165) is 0 Å². The second-order valence-electron chi connectivity index (χ2n) is 5.62. The smallest absolute Gasteiger partial charge is 0.358 e. The minimum absolute atomic E-state index is 0.0475. The van der Waals surface area contributed by atoms with E-state index in [1.165, 1.54) is 30.5 Å². The summed E-state index contributed by atoms with van der Waals surface area (Å²) in [4.78, 5) is 38.8. The molecule has 0 unspecified atom stereocenters. The summed E-state index contributed by atoms with van der Waals surface area (Å²) >= 11 is 0. The van der Waals surface area contributed by atoms with Crippen LogP contribution in [0, 0.1) is 10.1 Å². The van der Waals surface area contributed by atoms with Gasteiger partial charge in [0.05, 0.1) is 0 Å². The van der Waals surface area contributed by atoms with Crippen molar-refractivity contribution in [1.82, 2.24) is 10.5 Å². The summed E-state index contributed by atoms with van der Waals surface area (Å²) in [7, 11) is 0. The lowest BCUT2D eigenvalue weighted by Gasteiger charge is -2.13. The molecule has 2 amide bonds. The van der Waals surface area contributed by atoms with Crippen molar-refractivity contribution in [2.24, 2.45) is 0 Å². The second kappa shape index (κ2) is 8.06. The summed E-state index contributed by atoms with van der Waals surface area (Å²) < 4.78 is 0. The van der Waals surface area contributed by atoms with Crippen molar-refractivity contribution in [3.63, 3.8) is 0 Å². The summed E-state index contributed by atoms with van der Waals surface area (Å²) in [5.74, 6) is -1.81. The minimum Gasteiger partial charge on any atom is -0.358 e. The monoisotopic (exact) mass is 378 g/mol. The molecule has 140 valence electrons. The van der Waals surface area contributed by atoms with Crippen LogP contribution in [0.4, 0.5) is 11.5 Å². The van der Waals surface area contributed by atoms with Gasteiger partial charge >= 0.3 is 5.82 Å². The number of nitro groups is 1. The number of amides is 2. The van der Waals surface area contributed by atoms with E-state index in [0.29, 0.717) is 11.1 Å². The van der Waals surface area contributed by atoms with E-state index in [1.807, 2.05) is 0 Å². The summed E-state index contributed by atoms with van der Waals surface area (Å²) in [5, 5.41) is 22.6. The number of pyridine rings is 1. The van der Waals surface area contributed by atoms with Crippen molar-refractivity contribution in [3.8, 4) is 11.1 Å². The lowest BCUT2D eigenvalue weighted by Crippen LogP contribution is -2.20. The van der Waals surface area contributed by atoms with Crippen LogP contribution in [-0.2, 0) is 0 Å². The van der Waals surface area contributed by atoms with E-state index in [2.05, 4.69) is 10.3 Å². The molecule has 0 radical (unpaired) electrons. The van der Waals surface area contributed by atoms with Crippen LogP contribution in [0.3, 0.4) is 0 Å². The number of benzene rings is 2. The van der Waals surface area contributed by atoms with E-state index in [9.17, 15) is 19.7 Å². The Kier molecular flexibility index (Phi) is 5.38. The number of nitrogens with zero attached hydrogens (tertiary/aromatic N) is 2. The van der Waals surface area contributed by atoms with Crippen LogP contribution in [0.25, 0.3) is 11.1 Å². The van der Waals surface area contributed by atoms with Gasteiger partial charge in [-0.15, -0.1) is 0 Å². The number of anilines is 1. The van der Waals surface area contributed by atoms with Gasteiger partial charge < -0.3 is 15.4 Å². The Balaban J connectivity index is 2.04. The van der Waals surface area contributed by atoms with Crippen LogP contribution in [0.15, 0.2) is 66.9 Å². The second-order valence-corrected chi connectivity index (χ2v) is 5.62. The van der Waals surface area contributed by atoms with Gasteiger partial charge in [-0.1, -0.05) is 36.4 Å². The van der Waals surface area contributed by atoms with Crippen LogP contribution in [0.2, 0.25) is 0 Å². The fourth-order valence-electron chi connectivity index (χ4n) is 2.72. The van der Waals surface area contributed by atoms with Crippen molar-refractivity contribution in [2.45, 2.75) is 0 Å². The van der Waals surface area contributed by atoms with E-state index in [-0.39, 0.29) is 16.8 Å². The van der Waals surface area contributed by atoms with Crippen molar-refractivity contribution in [1.29, 1.82) is 0 Å². The largest absolute Gasteiger partial charge is 0.387 e. The Hall–Kier alpha value is -4.11. The van der Waals surface area contributed by atoms with Crippen LogP contribution in [-0.4, -0.2) is 26.9 Å². The Morgan fingerprint density at radius 1 is 0.893 bits per heavy atom. The van der Waals surface area contributed by atoms with Crippen molar-refractivity contribution >= 4 is 23.3 Å². The molecule has 0 fully saturated rings. The van der Waals surface area contributed by atoms with Crippen LogP contribution >= 0.6 is 0 Å². The number of carbonyl (C=O) groups excluding carboxylic acids is 2. The third-order valence-electron chi connectivity index (χ3n) is 3.94. The van der Waals surface area contributed by atoms with Crippen molar-refractivity contribution < 1.29 is 19.7 Å². The molecule has 0 saturated carbocycles. The summed E-state index contributed by atoms with van der Waals surface area (Å²) in [6.07, 6.45) is 1.26. The summed E-state index contributed by atoms with van der Waals surface area (Å²) in [6, 6.07) is 15.8. The molecule has 1 aromatic heterocycles. The predicted octanol–water partition coefficient (Wildman–Crippen LogP) is 3.03. The van der Waals surface area contributed by atoms with E-state index in [1.54, 1.807) is 41.9 Å². The number of hydroxylamine groups is 1. The molecule has 3 rings (SSSR count). The Morgan fingerprint density at radius 2 is 1.46 bits per heavy atom. The molecule has 0 aliphatic carbocycles. The SMILES string of the molecule is O=C(NO)c1ccccc1-c1ccccc1C(=O)Nc1cccnc1[N+](=O)[O-]. The normalized spacial score (nSPS) is 10.2. The highest BCUT2D eigenvalue weighted by Gasteiger charge is 2.21. The zero-order valence-electron chi connectivity index (χ0n) is 14.3. The topological polar surface area (TPSA) is 134 Å². The molecule has 0 bridgehead atoms. The van der Waals surface area contributed by atoms with E-state index < -0.39 is 22.6 Å². The number of nitrogens with one attached hydrogen (secondary N) is 2. The maximum absolute atomic E-state index is 12.8. The maximum atomic E-state index is 12.8. The summed E-state index contributed by atoms with van der Waals surface area (Å²) in [5.41, 5.74) is 2.73. The minimum atomic E-state index is -0.728. The average Bonchev–Trinajstić information content (AvgIpc) is 2.73. The highest BCUT2D eigenvalue weighted by Crippen LogP contribution is 2.29. The molecule has 28 heavy (non-hydrogen) atoms. The predicted molar refractivity (Wildman–Crippen MR) is 100.0 cm³/mol. The fourth-order valence-corrected chi connectivity index (χ4v) is 2.72. The quantitative estimate of drug-likeness (QED) is 0.355. The first-order valence-corrected chi connectivity index (χ1v) is 8.06. The van der Waals surface area contributed by atoms with Gasteiger partial charge in [-0.3, -0.25) is 14.8 Å². The highest BCUT2D eigenvalue weighted by atomic mass is 16.6. The first-order chi connectivity index (χ1) is 13.5. The maximum Gasteiger partial charge on any atom is 0.387 e. The van der Waals surface area contributed by atoms with Gasteiger partial charge in [0, 0.05) is 11.1 Å². The van der Waals surface area contributed by atoms with Gasteiger partial charge in [0.1, 0.15) is 11.9 Å². The molecule has 3 N–H and O–H groups in total. The first kappa shape index (κ1) is 18.7. The average molecular weight is 378 g/mol. The molecule has 9 nitrogen and oxygen atoms in total. The van der Waals surface area contributed by atoms with Gasteiger partial charge in [0.15, 0.2) is 0 Å². The van der Waals surface area contributed by atoms with Crippen LogP contribution < -0.4 is 10.8 Å². The van der Waals surface area contributed by atoms with Gasteiger partial charge in [-0.05, 0) is 45.3 Å². The Labute approximate surface area is 158 Å². The molecule has 0 atom stereocenters. The number of aromatic nitrogens is 1. The number of hydrogen-bond acceptors (Lipinski definition) is 6. The molecule has 0 aliphatic heterocycles. The zero-order valence-corrected chi connectivity index (χ0v) is 14.3. The zero-order chi connectivity index (χ0) is 20.1. The van der Waals surface area contributed by atoms with Crippen molar-refractivity contribution in [3.05, 3.63) is 88.1 Å². The van der Waals surface area contributed by atoms with E-state index in [4.69, 9.17) is 5.21 Å². The molecular formula is C19H14N4O5. The van der Waals surface area contributed by atoms with Gasteiger partial charge in [0.25, 0.3) is 11.8 Å². The van der Waals surface area contributed by atoms with Gasteiger partial charge in [-0.25, -0.2) is 5.48 Å². The Bertz CT molecular complexity index is 1070. The standard InChI is InChI=1S/C19H14N4O5/c24-18(21-16-10-5-11-20-17(16)23(27)28)14-8-3-1-6-12(14)13-7-2-4-9-15(13)19(25)22-26/h1-11,26H,(H,21,24)(H,22,25). The lowest BCUT2D eigenvalue weighted by molar-refractivity contribution is -0.388. The third-order valence-corrected chi connectivity index (χ3v) is 3.94. The molecule has 9 heteroatoms. The fraction of sp³-hybridized carbons (Fsp3) is 0. The lowest BCUT2D eigenvalue weighted by atomic mass is 9.94.